The minimum Gasteiger partial charge on any atom is -0.378 e. The molecular weight excluding hydrogens is 318 g/mol. The van der Waals surface area contributed by atoms with Crippen LogP contribution in [0.3, 0.4) is 0 Å². The molecule has 2 aliphatic rings. The average molecular weight is 356 g/mol. The first-order valence-corrected chi connectivity index (χ1v) is 9.95. The Balaban J connectivity index is 0.00000338. The molecule has 0 aromatic carbocycles. The lowest BCUT2D eigenvalue weighted by Crippen LogP contribution is -2.47. The van der Waals surface area contributed by atoms with Crippen molar-refractivity contribution < 1.29 is 20.5 Å². The molecule has 146 valence electrons. The highest BCUT2D eigenvalue weighted by atomic mass is 16.5. The van der Waals surface area contributed by atoms with Crippen molar-refractivity contribution in [2.75, 3.05) is 6.61 Å². The van der Waals surface area contributed by atoms with Gasteiger partial charge in [-0.15, -0.1) is 0 Å². The fraction of sp³-hybridized carbons (Fsp3) is 0.900. The van der Waals surface area contributed by atoms with Crippen LogP contribution in [0.4, 0.5) is 0 Å². The Labute approximate surface area is 153 Å². The zero-order chi connectivity index (χ0) is 18.4. The number of hydrogen-bond acceptors (Lipinski definition) is 4. The van der Waals surface area contributed by atoms with E-state index in [1.807, 2.05) is 13.8 Å². The van der Waals surface area contributed by atoms with Crippen molar-refractivity contribution in [1.82, 2.24) is 5.32 Å². The summed E-state index contributed by atoms with van der Waals surface area (Å²) in [6, 6.07) is 0.170. The standard InChI is InChI=1S/C20H35NO4.H2/c1-13(2)20(23)15-11-16(12-15)21-19(22)9-10-24-17-5-7-18(8-6-17)25-14(3)4;/h13-18H,5-12H2,1-4H3,(H,21,22);1H. The molecule has 2 aliphatic carbocycles. The second-order valence-corrected chi connectivity index (χ2v) is 8.19. The Morgan fingerprint density at radius 2 is 1.64 bits per heavy atom. The number of ketones is 1. The molecule has 0 spiro atoms. The van der Waals surface area contributed by atoms with E-state index in [0.717, 1.165) is 38.5 Å². The van der Waals surface area contributed by atoms with E-state index in [1.54, 1.807) is 0 Å². The minimum atomic E-state index is 0. The molecule has 0 atom stereocenters. The lowest BCUT2D eigenvalue weighted by atomic mass is 9.75. The summed E-state index contributed by atoms with van der Waals surface area (Å²) in [5.41, 5.74) is 0. The number of carbonyl (C=O) groups excluding carboxylic acids is 2. The van der Waals surface area contributed by atoms with Crippen LogP contribution in [0.15, 0.2) is 0 Å². The molecule has 0 aromatic rings. The number of rotatable bonds is 9. The number of nitrogens with one attached hydrogen (secondary N) is 1. The number of amides is 1. The van der Waals surface area contributed by atoms with Crippen molar-refractivity contribution >= 4 is 11.7 Å². The Morgan fingerprint density at radius 1 is 1.04 bits per heavy atom. The largest absolute Gasteiger partial charge is 0.378 e. The topological polar surface area (TPSA) is 64.6 Å². The van der Waals surface area contributed by atoms with Gasteiger partial charge < -0.3 is 14.8 Å². The van der Waals surface area contributed by atoms with Crippen LogP contribution < -0.4 is 5.32 Å². The van der Waals surface area contributed by atoms with Crippen molar-refractivity contribution in [2.24, 2.45) is 11.8 Å². The molecule has 2 saturated carbocycles. The third-order valence-corrected chi connectivity index (χ3v) is 5.24. The van der Waals surface area contributed by atoms with E-state index in [0.29, 0.717) is 24.9 Å². The summed E-state index contributed by atoms with van der Waals surface area (Å²) in [7, 11) is 0. The maximum atomic E-state index is 12.0. The van der Waals surface area contributed by atoms with E-state index in [4.69, 9.17) is 9.47 Å². The quantitative estimate of drug-likeness (QED) is 0.687. The highest BCUT2D eigenvalue weighted by Crippen LogP contribution is 2.30. The Bertz CT molecular complexity index is 441. The molecule has 0 unspecified atom stereocenters. The van der Waals surface area contributed by atoms with Crippen molar-refractivity contribution in [2.45, 2.75) is 97.0 Å². The Hall–Kier alpha value is -0.940. The van der Waals surface area contributed by atoms with Crippen molar-refractivity contribution in [3.05, 3.63) is 0 Å². The Morgan fingerprint density at radius 3 is 2.20 bits per heavy atom. The van der Waals surface area contributed by atoms with Crippen LogP contribution >= 0.6 is 0 Å². The predicted molar refractivity (Wildman–Crippen MR) is 99.4 cm³/mol. The van der Waals surface area contributed by atoms with Gasteiger partial charge in [0.15, 0.2) is 0 Å². The van der Waals surface area contributed by atoms with E-state index in [9.17, 15) is 9.59 Å². The van der Waals surface area contributed by atoms with Gasteiger partial charge in [-0.05, 0) is 52.4 Å². The lowest BCUT2D eigenvalue weighted by Gasteiger charge is -2.35. The van der Waals surface area contributed by atoms with E-state index < -0.39 is 0 Å². The molecule has 25 heavy (non-hydrogen) atoms. The van der Waals surface area contributed by atoms with Gasteiger partial charge in [0.05, 0.1) is 24.9 Å². The zero-order valence-electron chi connectivity index (χ0n) is 16.3. The minimum absolute atomic E-state index is 0. The molecule has 2 rings (SSSR count). The van der Waals surface area contributed by atoms with Crippen LogP contribution in [-0.2, 0) is 19.1 Å². The fourth-order valence-electron chi connectivity index (χ4n) is 3.78. The second kappa shape index (κ2) is 9.67. The summed E-state index contributed by atoms with van der Waals surface area (Å²) in [5, 5.41) is 3.02. The van der Waals surface area contributed by atoms with Gasteiger partial charge >= 0.3 is 0 Å². The van der Waals surface area contributed by atoms with Gasteiger partial charge in [0.25, 0.3) is 0 Å². The van der Waals surface area contributed by atoms with Gasteiger partial charge in [-0.25, -0.2) is 0 Å². The van der Waals surface area contributed by atoms with E-state index >= 15 is 0 Å². The molecule has 0 heterocycles. The van der Waals surface area contributed by atoms with Crippen LogP contribution in [-0.4, -0.2) is 42.7 Å². The number of Topliss-reactive ketones (excluding diaryl/α,β-unsaturated/α-hetero) is 1. The van der Waals surface area contributed by atoms with Crippen molar-refractivity contribution in [1.29, 1.82) is 0 Å². The van der Waals surface area contributed by atoms with E-state index in [1.165, 1.54) is 0 Å². The summed E-state index contributed by atoms with van der Waals surface area (Å²) in [6.45, 7) is 8.50. The van der Waals surface area contributed by atoms with Gasteiger partial charge in [0.2, 0.25) is 5.91 Å². The molecule has 0 aromatic heterocycles. The van der Waals surface area contributed by atoms with Crippen molar-refractivity contribution in [3.63, 3.8) is 0 Å². The summed E-state index contributed by atoms with van der Waals surface area (Å²) in [5.74, 6) is 0.601. The third kappa shape index (κ3) is 6.70. The molecule has 0 saturated heterocycles. The molecule has 2 fully saturated rings. The highest BCUT2D eigenvalue weighted by Gasteiger charge is 2.35. The van der Waals surface area contributed by atoms with Gasteiger partial charge in [-0.2, -0.15) is 0 Å². The molecular formula is C20H37NO4. The van der Waals surface area contributed by atoms with Crippen LogP contribution in [0.5, 0.6) is 0 Å². The van der Waals surface area contributed by atoms with Crippen LogP contribution in [0.2, 0.25) is 0 Å². The van der Waals surface area contributed by atoms with Gasteiger partial charge in [0.1, 0.15) is 5.78 Å². The molecule has 0 bridgehead atoms. The second-order valence-electron chi connectivity index (χ2n) is 8.19. The SMILES string of the molecule is CC(C)OC1CCC(OCCC(=O)NC2CC(C(=O)C(C)C)C2)CC1.[HH]. The van der Waals surface area contributed by atoms with Gasteiger partial charge in [0, 0.05) is 25.7 Å². The first-order valence-electron chi connectivity index (χ1n) is 9.95. The smallest absolute Gasteiger partial charge is 0.222 e. The predicted octanol–water partition coefficient (Wildman–Crippen LogP) is 3.50. The van der Waals surface area contributed by atoms with Gasteiger partial charge in [-0.3, -0.25) is 9.59 Å². The molecule has 1 amide bonds. The molecule has 0 aliphatic heterocycles. The maximum absolute atomic E-state index is 12.0. The van der Waals surface area contributed by atoms with E-state index in [-0.39, 0.29) is 37.4 Å². The average Bonchev–Trinajstić information content (AvgIpc) is 2.51. The third-order valence-electron chi connectivity index (χ3n) is 5.24. The van der Waals surface area contributed by atoms with Crippen LogP contribution in [0, 0.1) is 11.8 Å². The van der Waals surface area contributed by atoms with Gasteiger partial charge in [-0.1, -0.05) is 13.8 Å². The summed E-state index contributed by atoms with van der Waals surface area (Å²) in [4.78, 5) is 23.8. The van der Waals surface area contributed by atoms with Crippen molar-refractivity contribution in [3.8, 4) is 0 Å². The fourth-order valence-corrected chi connectivity index (χ4v) is 3.78. The highest BCUT2D eigenvalue weighted by molar-refractivity contribution is 5.84. The summed E-state index contributed by atoms with van der Waals surface area (Å²) < 4.78 is 11.7. The maximum Gasteiger partial charge on any atom is 0.222 e. The molecule has 5 nitrogen and oxygen atoms in total. The normalized spacial score (nSPS) is 29.5. The number of carbonyl (C=O) groups is 2. The summed E-state index contributed by atoms with van der Waals surface area (Å²) >= 11 is 0. The molecule has 1 N–H and O–H groups in total. The lowest BCUT2D eigenvalue weighted by molar-refractivity contribution is -0.131. The first kappa shape index (κ1) is 20.4. The zero-order valence-corrected chi connectivity index (χ0v) is 16.3. The number of ether oxygens (including phenoxy) is 2. The van der Waals surface area contributed by atoms with E-state index in [2.05, 4.69) is 19.2 Å². The van der Waals surface area contributed by atoms with Crippen LogP contribution in [0.25, 0.3) is 0 Å². The first-order chi connectivity index (χ1) is 11.8. The van der Waals surface area contributed by atoms with Crippen LogP contribution in [0.1, 0.15) is 74.1 Å². The molecule has 5 heteroatoms. The Kier molecular flexibility index (Phi) is 7.88. The summed E-state index contributed by atoms with van der Waals surface area (Å²) in [6.07, 6.45) is 7.02. The number of hydrogen-bond donors (Lipinski definition) is 1. The molecule has 0 radical (unpaired) electrons. The monoisotopic (exact) mass is 355 g/mol.